The Labute approximate surface area is 338 Å². The number of rotatable bonds is 7. The summed E-state index contributed by atoms with van der Waals surface area (Å²) in [4.78, 5) is 47.2. The topological polar surface area (TPSA) is 152 Å². The number of esters is 3. The Morgan fingerprint density at radius 2 is 1.72 bits per heavy atom. The number of hydrogen-bond donors (Lipinski definition) is 3. The Morgan fingerprint density at radius 1 is 0.948 bits per heavy atom. The molecule has 0 unspecified atom stereocenters. The van der Waals surface area contributed by atoms with Crippen molar-refractivity contribution in [2.24, 2.45) is 11.3 Å². The third-order valence-corrected chi connectivity index (χ3v) is 15.8. The second-order valence-corrected chi connectivity index (χ2v) is 18.0. The van der Waals surface area contributed by atoms with Crippen LogP contribution in [0.5, 0.6) is 5.75 Å². The number of aromatic nitrogens is 1. The predicted molar refractivity (Wildman–Crippen MR) is 213 cm³/mol. The molecule has 10 rings (SSSR count). The van der Waals surface area contributed by atoms with Crippen molar-refractivity contribution in [2.45, 2.75) is 106 Å². The smallest absolute Gasteiger partial charge is 0.344 e. The van der Waals surface area contributed by atoms with Crippen LogP contribution in [0.1, 0.15) is 81.3 Å². The quantitative estimate of drug-likeness (QED) is 0.181. The Morgan fingerprint density at radius 3 is 2.43 bits per heavy atom. The number of ether oxygens (including phenoxy) is 4. The number of para-hydroxylation sites is 1. The summed E-state index contributed by atoms with van der Waals surface area (Å²) in [5.41, 5.74) is -1.16. The number of anilines is 1. The normalized spacial score (nSPS) is 37.9. The third-order valence-electron chi connectivity index (χ3n) is 15.8. The molecular weight excluding hydrogens is 741 g/mol. The number of fused-ring (bicyclic) bond motifs is 4. The van der Waals surface area contributed by atoms with Gasteiger partial charge >= 0.3 is 17.9 Å². The minimum absolute atomic E-state index is 0.0000199. The average molecular weight is 795 g/mol. The molecule has 10 atom stereocenters. The summed E-state index contributed by atoms with van der Waals surface area (Å²) in [7, 11) is 4.27. The molecule has 2 aromatic carbocycles. The van der Waals surface area contributed by atoms with Crippen molar-refractivity contribution in [3.63, 3.8) is 0 Å². The van der Waals surface area contributed by atoms with Gasteiger partial charge in [0.05, 0.1) is 39.0 Å². The van der Waals surface area contributed by atoms with Crippen molar-refractivity contribution in [2.75, 3.05) is 52.8 Å². The van der Waals surface area contributed by atoms with Crippen LogP contribution in [-0.4, -0.2) is 119 Å². The lowest BCUT2D eigenvalue weighted by Gasteiger charge is -2.62. The second-order valence-electron chi connectivity index (χ2n) is 18.0. The van der Waals surface area contributed by atoms with E-state index in [-0.39, 0.29) is 18.0 Å². The highest BCUT2D eigenvalue weighted by Gasteiger charge is 2.79. The maximum absolute atomic E-state index is 15.3. The van der Waals surface area contributed by atoms with Crippen molar-refractivity contribution in [3.8, 4) is 5.75 Å². The molecule has 3 aromatic rings. The SMILES string of the molecule is CC[C@]1(O)C[C@H]2C[C@@](C(=O)OC)(c3cc4c(cc3OC)N[C@H]3[C@@](O)(C(=O)OC)[C@H](OC(C)=O)[C@]5(CC)C=CCN6CC[C@]43[C@@H]65)n3c4c(c5ccccc53)CCN(C1)[C@H]42. The molecule has 1 aliphatic carbocycles. The average Bonchev–Trinajstić information content (AvgIpc) is 3.91. The molecule has 1 spiro atoms. The molecule has 3 fully saturated rings. The first-order valence-corrected chi connectivity index (χ1v) is 20.9. The Kier molecular flexibility index (Phi) is 8.18. The van der Waals surface area contributed by atoms with E-state index >= 15 is 4.79 Å². The Balaban J connectivity index is 1.28. The van der Waals surface area contributed by atoms with E-state index in [1.54, 1.807) is 7.11 Å². The number of nitrogens with one attached hydrogen (secondary N) is 1. The van der Waals surface area contributed by atoms with Gasteiger partial charge in [-0.25, -0.2) is 9.59 Å². The lowest BCUT2D eigenvalue weighted by molar-refractivity contribution is -0.226. The number of hydrogen-bond acceptors (Lipinski definition) is 12. The van der Waals surface area contributed by atoms with E-state index in [0.29, 0.717) is 68.7 Å². The van der Waals surface area contributed by atoms with E-state index < -0.39 is 57.6 Å². The van der Waals surface area contributed by atoms with Crippen molar-refractivity contribution >= 4 is 34.5 Å². The van der Waals surface area contributed by atoms with Crippen LogP contribution in [0.25, 0.3) is 10.9 Å². The van der Waals surface area contributed by atoms with Gasteiger partial charge in [-0.15, -0.1) is 0 Å². The van der Waals surface area contributed by atoms with Crippen LogP contribution in [0.3, 0.4) is 0 Å². The van der Waals surface area contributed by atoms with Gasteiger partial charge in [-0.05, 0) is 74.2 Å². The van der Waals surface area contributed by atoms with Crippen molar-refractivity contribution in [1.29, 1.82) is 0 Å². The zero-order chi connectivity index (χ0) is 40.7. The predicted octanol–water partition coefficient (Wildman–Crippen LogP) is 3.95. The summed E-state index contributed by atoms with van der Waals surface area (Å²) < 4.78 is 26.0. The molecule has 58 heavy (non-hydrogen) atoms. The highest BCUT2D eigenvalue weighted by Crippen LogP contribution is 2.67. The maximum Gasteiger partial charge on any atom is 0.344 e. The summed E-state index contributed by atoms with van der Waals surface area (Å²) in [5, 5.41) is 29.9. The molecule has 2 saturated heterocycles. The van der Waals surface area contributed by atoms with E-state index in [9.17, 15) is 19.8 Å². The maximum atomic E-state index is 15.3. The summed E-state index contributed by atoms with van der Waals surface area (Å²) >= 11 is 0. The molecule has 13 heteroatoms. The molecule has 1 saturated carbocycles. The second kappa shape index (κ2) is 12.5. The lowest BCUT2D eigenvalue weighted by atomic mass is 9.48. The Hall–Kier alpha value is -4.43. The van der Waals surface area contributed by atoms with Crippen LogP contribution in [0, 0.1) is 11.3 Å². The first kappa shape index (κ1) is 37.8. The van der Waals surface area contributed by atoms with Gasteiger partial charge in [0, 0.05) is 77.3 Å². The molecule has 6 aliphatic heterocycles. The standard InChI is InChI=1S/C45H54N4O9/c1-7-41(53)22-26-23-44(39(51)56-5,49-32-13-10-9-12-27(32)28-14-18-48(24-41)34(26)35(28)49)30-20-29-31(21-33(30)55-4)46-36-43(29)16-19-47-17-11-15-42(8-2,37(43)47)38(58-25(3)50)45(36,54)40(52)57-6/h9-13,15,20-21,26,34,36-38,46,53-54H,7-8,14,16-19,22-24H2,1-6H3/t26-,34-,36+,37-,38+,41-,42+,43-,44-,45-/m0/s1. The number of carbonyl (C=O) groups excluding carboxylic acids is 3. The number of aliphatic hydroxyl groups is 2. The van der Waals surface area contributed by atoms with Crippen LogP contribution in [0.4, 0.5) is 5.69 Å². The van der Waals surface area contributed by atoms with Gasteiger partial charge in [-0.1, -0.05) is 44.2 Å². The summed E-state index contributed by atoms with van der Waals surface area (Å²) in [6.45, 7) is 8.03. The van der Waals surface area contributed by atoms with Gasteiger partial charge in [0.15, 0.2) is 11.6 Å². The van der Waals surface area contributed by atoms with Crippen LogP contribution >= 0.6 is 0 Å². The highest BCUT2D eigenvalue weighted by atomic mass is 16.6. The molecule has 0 bridgehead atoms. The molecule has 1 aromatic heterocycles. The summed E-state index contributed by atoms with van der Waals surface area (Å²) in [5.74, 6) is -1.58. The van der Waals surface area contributed by atoms with Gasteiger partial charge in [-0.2, -0.15) is 0 Å². The van der Waals surface area contributed by atoms with Gasteiger partial charge < -0.3 is 39.0 Å². The van der Waals surface area contributed by atoms with Gasteiger partial charge in [0.2, 0.25) is 5.60 Å². The van der Waals surface area contributed by atoms with E-state index in [1.165, 1.54) is 26.7 Å². The highest BCUT2D eigenvalue weighted by molar-refractivity contribution is 5.94. The van der Waals surface area contributed by atoms with Crippen LogP contribution in [0.2, 0.25) is 0 Å². The summed E-state index contributed by atoms with van der Waals surface area (Å²) in [6.07, 6.45) is 6.10. The largest absolute Gasteiger partial charge is 0.496 e. The number of nitrogens with zero attached hydrogens (tertiary/aromatic N) is 3. The monoisotopic (exact) mass is 794 g/mol. The summed E-state index contributed by atoms with van der Waals surface area (Å²) in [6, 6.07) is 11.0. The number of carbonyl (C=O) groups is 3. The van der Waals surface area contributed by atoms with Crippen molar-refractivity contribution < 1.29 is 43.5 Å². The number of benzene rings is 2. The molecule has 7 heterocycles. The zero-order valence-electron chi connectivity index (χ0n) is 34.2. The van der Waals surface area contributed by atoms with Crippen molar-refractivity contribution in [3.05, 3.63) is 70.9 Å². The minimum Gasteiger partial charge on any atom is -0.496 e. The van der Waals surface area contributed by atoms with Crippen LogP contribution in [0.15, 0.2) is 48.6 Å². The lowest BCUT2D eigenvalue weighted by Crippen LogP contribution is -2.80. The molecule has 308 valence electrons. The first-order chi connectivity index (χ1) is 27.8. The fourth-order valence-electron chi connectivity index (χ4n) is 13.8. The zero-order valence-corrected chi connectivity index (χ0v) is 34.2. The van der Waals surface area contributed by atoms with Gasteiger partial charge in [0.25, 0.3) is 0 Å². The molecule has 13 nitrogen and oxygen atoms in total. The van der Waals surface area contributed by atoms with E-state index in [0.717, 1.165) is 35.1 Å². The molecular formula is C45H54N4O9. The fraction of sp³-hybridized carbons (Fsp3) is 0.578. The molecule has 0 radical (unpaired) electrons. The molecule has 7 aliphatic rings. The van der Waals surface area contributed by atoms with E-state index in [1.807, 2.05) is 44.2 Å². The van der Waals surface area contributed by atoms with E-state index in [4.69, 9.17) is 18.9 Å². The molecule has 3 N–H and O–H groups in total. The number of methoxy groups -OCH3 is 3. The van der Waals surface area contributed by atoms with Crippen LogP contribution in [-0.2, 0) is 46.0 Å². The number of piperidine rings is 1. The van der Waals surface area contributed by atoms with Crippen molar-refractivity contribution in [1.82, 2.24) is 14.4 Å². The first-order valence-electron chi connectivity index (χ1n) is 20.9. The third kappa shape index (κ3) is 4.38. The van der Waals surface area contributed by atoms with Crippen LogP contribution < -0.4 is 10.1 Å². The Bertz CT molecular complexity index is 2310. The molecule has 0 amide bonds. The van der Waals surface area contributed by atoms with E-state index in [2.05, 4.69) is 37.9 Å². The minimum atomic E-state index is -2.30. The van der Waals surface area contributed by atoms with Gasteiger partial charge in [-0.3, -0.25) is 14.6 Å². The van der Waals surface area contributed by atoms with Gasteiger partial charge in [0.1, 0.15) is 5.75 Å². The fourth-order valence-corrected chi connectivity index (χ4v) is 13.8.